The number of benzene rings is 1. The summed E-state index contributed by atoms with van der Waals surface area (Å²) in [4.78, 5) is 7.46. The largest absolute Gasteiger partial charge is 0.496 e. The summed E-state index contributed by atoms with van der Waals surface area (Å²) in [6, 6.07) is 9.95. The highest BCUT2D eigenvalue weighted by Crippen LogP contribution is 2.28. The molecule has 0 aliphatic carbocycles. The lowest BCUT2D eigenvalue weighted by Gasteiger charge is -2.08. The fourth-order valence-electron chi connectivity index (χ4n) is 2.13. The van der Waals surface area contributed by atoms with E-state index in [1.165, 1.54) is 5.56 Å². The van der Waals surface area contributed by atoms with Gasteiger partial charge in [0.05, 0.1) is 11.6 Å². The number of anilines is 1. The molecule has 2 aromatic heterocycles. The molecule has 0 atom stereocenters. The number of rotatable bonds is 4. The Bertz CT molecular complexity index is 739. The summed E-state index contributed by atoms with van der Waals surface area (Å²) < 4.78 is 6.16. The number of methoxy groups -OCH3 is 1. The molecule has 1 aromatic carbocycles. The molecule has 20 heavy (non-hydrogen) atoms. The van der Waals surface area contributed by atoms with Crippen molar-refractivity contribution in [3.05, 3.63) is 52.8 Å². The van der Waals surface area contributed by atoms with Crippen LogP contribution in [-0.2, 0) is 6.54 Å². The van der Waals surface area contributed by atoms with Gasteiger partial charge in [0, 0.05) is 30.0 Å². The van der Waals surface area contributed by atoms with Crippen LogP contribution in [0.15, 0.2) is 47.2 Å². The van der Waals surface area contributed by atoms with E-state index in [4.69, 9.17) is 4.74 Å². The van der Waals surface area contributed by atoms with Gasteiger partial charge in [0.25, 0.3) is 0 Å². The highest BCUT2D eigenvalue weighted by molar-refractivity contribution is 9.10. The lowest BCUT2D eigenvalue weighted by Crippen LogP contribution is -1.99. The molecule has 0 unspecified atom stereocenters. The van der Waals surface area contributed by atoms with Gasteiger partial charge in [0.15, 0.2) is 0 Å². The van der Waals surface area contributed by atoms with Crippen LogP contribution >= 0.6 is 15.9 Å². The average Bonchev–Trinajstić information content (AvgIpc) is 2.88. The normalized spacial score (nSPS) is 10.7. The van der Waals surface area contributed by atoms with Crippen molar-refractivity contribution in [1.82, 2.24) is 9.97 Å². The lowest BCUT2D eigenvalue weighted by atomic mass is 10.2. The summed E-state index contributed by atoms with van der Waals surface area (Å²) in [5.74, 6) is 0.826. The molecule has 0 amide bonds. The number of fused-ring (bicyclic) bond motifs is 1. The van der Waals surface area contributed by atoms with Crippen molar-refractivity contribution in [2.45, 2.75) is 6.54 Å². The Morgan fingerprint density at radius 1 is 1.35 bits per heavy atom. The van der Waals surface area contributed by atoms with Gasteiger partial charge in [-0.25, -0.2) is 4.98 Å². The Kier molecular flexibility index (Phi) is 3.60. The van der Waals surface area contributed by atoms with Gasteiger partial charge >= 0.3 is 0 Å². The molecule has 0 saturated heterocycles. The van der Waals surface area contributed by atoms with Crippen molar-refractivity contribution in [3.8, 4) is 5.75 Å². The van der Waals surface area contributed by atoms with E-state index in [1.807, 2.05) is 30.5 Å². The van der Waals surface area contributed by atoms with Crippen LogP contribution in [0.1, 0.15) is 5.56 Å². The van der Waals surface area contributed by atoms with Gasteiger partial charge in [-0.1, -0.05) is 0 Å². The third kappa shape index (κ3) is 2.49. The van der Waals surface area contributed by atoms with E-state index in [1.54, 1.807) is 13.3 Å². The van der Waals surface area contributed by atoms with E-state index >= 15 is 0 Å². The predicted octanol–water partition coefficient (Wildman–Crippen LogP) is 3.95. The Morgan fingerprint density at radius 3 is 3.05 bits per heavy atom. The topological polar surface area (TPSA) is 49.9 Å². The number of nitrogens with zero attached hydrogens (tertiary/aromatic N) is 1. The molecule has 3 aromatic rings. The van der Waals surface area contributed by atoms with Crippen molar-refractivity contribution in [1.29, 1.82) is 0 Å². The zero-order valence-corrected chi connectivity index (χ0v) is 12.6. The van der Waals surface area contributed by atoms with Crippen molar-refractivity contribution in [2.75, 3.05) is 12.4 Å². The molecule has 4 nitrogen and oxygen atoms in total. The second-order valence-electron chi connectivity index (χ2n) is 4.42. The Balaban J connectivity index is 1.78. The first-order chi connectivity index (χ1) is 9.78. The molecule has 0 radical (unpaired) electrons. The van der Waals surface area contributed by atoms with E-state index in [0.29, 0.717) is 0 Å². The first-order valence-electron chi connectivity index (χ1n) is 6.26. The number of H-pyrrole nitrogens is 1. The summed E-state index contributed by atoms with van der Waals surface area (Å²) in [5.41, 5.74) is 3.15. The first kappa shape index (κ1) is 13.0. The summed E-state index contributed by atoms with van der Waals surface area (Å²) in [5, 5.41) is 4.54. The number of halogens is 1. The Morgan fingerprint density at radius 2 is 2.25 bits per heavy atom. The summed E-state index contributed by atoms with van der Waals surface area (Å²) >= 11 is 3.48. The SMILES string of the molecule is COc1ccc(NCc2c[nH]c3ncccc23)cc1Br. The van der Waals surface area contributed by atoms with Crippen molar-refractivity contribution in [2.24, 2.45) is 0 Å². The van der Waals surface area contributed by atoms with Gasteiger partial charge in [-0.2, -0.15) is 0 Å². The van der Waals surface area contributed by atoms with Crippen LogP contribution in [0.3, 0.4) is 0 Å². The van der Waals surface area contributed by atoms with Gasteiger partial charge < -0.3 is 15.0 Å². The zero-order valence-electron chi connectivity index (χ0n) is 11.0. The van der Waals surface area contributed by atoms with E-state index in [0.717, 1.165) is 33.5 Å². The van der Waals surface area contributed by atoms with Crippen molar-refractivity contribution in [3.63, 3.8) is 0 Å². The van der Waals surface area contributed by atoms with Crippen LogP contribution in [-0.4, -0.2) is 17.1 Å². The van der Waals surface area contributed by atoms with Crippen LogP contribution in [0.25, 0.3) is 11.0 Å². The molecule has 0 fully saturated rings. The molecule has 0 spiro atoms. The maximum absolute atomic E-state index is 5.22. The molecular formula is C15H14BrN3O. The van der Waals surface area contributed by atoms with Crippen molar-refractivity contribution < 1.29 is 4.74 Å². The number of ether oxygens (including phenoxy) is 1. The van der Waals surface area contributed by atoms with E-state index in [9.17, 15) is 0 Å². The lowest BCUT2D eigenvalue weighted by molar-refractivity contribution is 0.412. The van der Waals surface area contributed by atoms with Crippen LogP contribution in [0.5, 0.6) is 5.75 Å². The second-order valence-corrected chi connectivity index (χ2v) is 5.27. The molecule has 2 heterocycles. The third-order valence-corrected chi connectivity index (χ3v) is 3.79. The summed E-state index contributed by atoms with van der Waals surface area (Å²) in [6.45, 7) is 0.741. The fraction of sp³-hybridized carbons (Fsp3) is 0.133. The van der Waals surface area contributed by atoms with Crippen LogP contribution in [0, 0.1) is 0 Å². The molecule has 0 saturated carbocycles. The van der Waals surface area contributed by atoms with Gasteiger partial charge in [-0.05, 0) is 51.8 Å². The van der Waals surface area contributed by atoms with E-state index in [2.05, 4.69) is 37.3 Å². The van der Waals surface area contributed by atoms with E-state index < -0.39 is 0 Å². The Hall–Kier alpha value is -2.01. The Labute approximate surface area is 125 Å². The number of aromatic nitrogens is 2. The molecular weight excluding hydrogens is 318 g/mol. The number of nitrogens with one attached hydrogen (secondary N) is 2. The zero-order chi connectivity index (χ0) is 13.9. The van der Waals surface area contributed by atoms with Gasteiger partial charge in [-0.15, -0.1) is 0 Å². The molecule has 5 heteroatoms. The molecule has 3 rings (SSSR count). The highest BCUT2D eigenvalue weighted by atomic mass is 79.9. The number of pyridine rings is 1. The molecule has 0 aliphatic heterocycles. The summed E-state index contributed by atoms with van der Waals surface area (Å²) in [6.07, 6.45) is 3.78. The number of hydrogen-bond acceptors (Lipinski definition) is 3. The maximum atomic E-state index is 5.22. The standard InChI is InChI=1S/C15H14BrN3O/c1-20-14-5-4-11(7-13(14)16)18-8-10-9-19-15-12(10)3-2-6-17-15/h2-7,9,18H,8H2,1H3,(H,17,19). The highest BCUT2D eigenvalue weighted by Gasteiger charge is 2.05. The van der Waals surface area contributed by atoms with E-state index in [-0.39, 0.29) is 0 Å². The summed E-state index contributed by atoms with van der Waals surface area (Å²) in [7, 11) is 1.66. The van der Waals surface area contributed by atoms with Gasteiger partial charge in [-0.3, -0.25) is 0 Å². The predicted molar refractivity (Wildman–Crippen MR) is 84.1 cm³/mol. The maximum Gasteiger partial charge on any atom is 0.137 e. The number of aromatic amines is 1. The average molecular weight is 332 g/mol. The molecule has 2 N–H and O–H groups in total. The van der Waals surface area contributed by atoms with Crippen LogP contribution < -0.4 is 10.1 Å². The van der Waals surface area contributed by atoms with Crippen LogP contribution in [0.4, 0.5) is 5.69 Å². The first-order valence-corrected chi connectivity index (χ1v) is 7.05. The minimum Gasteiger partial charge on any atom is -0.496 e. The quantitative estimate of drug-likeness (QED) is 0.761. The molecule has 0 aliphatic rings. The smallest absolute Gasteiger partial charge is 0.137 e. The van der Waals surface area contributed by atoms with Gasteiger partial charge in [0.1, 0.15) is 11.4 Å². The third-order valence-electron chi connectivity index (χ3n) is 3.17. The molecule has 102 valence electrons. The van der Waals surface area contributed by atoms with Gasteiger partial charge in [0.2, 0.25) is 0 Å². The minimum atomic E-state index is 0.741. The minimum absolute atomic E-state index is 0.741. The fourth-order valence-corrected chi connectivity index (χ4v) is 2.67. The second kappa shape index (κ2) is 5.54. The molecule has 0 bridgehead atoms. The van der Waals surface area contributed by atoms with Crippen LogP contribution in [0.2, 0.25) is 0 Å². The number of hydrogen-bond donors (Lipinski definition) is 2. The monoisotopic (exact) mass is 331 g/mol. The van der Waals surface area contributed by atoms with Crippen molar-refractivity contribution >= 4 is 32.7 Å².